The molecule has 0 aliphatic heterocycles. The lowest BCUT2D eigenvalue weighted by molar-refractivity contribution is -0.155. The molecule has 0 saturated carbocycles. The molecule has 0 aromatic heterocycles. The molecule has 28 heavy (non-hydrogen) atoms. The van der Waals surface area contributed by atoms with Gasteiger partial charge < -0.3 is 20.7 Å². The molecule has 7 nitrogen and oxygen atoms in total. The van der Waals surface area contributed by atoms with E-state index in [1.807, 2.05) is 67.6 Å². The number of primary amides is 1. The van der Waals surface area contributed by atoms with Gasteiger partial charge in [-0.1, -0.05) is 48.5 Å². The van der Waals surface area contributed by atoms with Crippen LogP contribution in [0.15, 0.2) is 60.7 Å². The molecule has 2 rings (SSSR count). The van der Waals surface area contributed by atoms with Crippen LogP contribution in [0.25, 0.3) is 0 Å². The molecular formula is C21H25N3O4. The molecule has 0 radical (unpaired) electrons. The molecule has 3 N–H and O–H groups in total. The van der Waals surface area contributed by atoms with E-state index < -0.39 is 24.1 Å². The number of nitrogens with zero attached hydrogens (tertiary/aromatic N) is 1. The lowest BCUT2D eigenvalue weighted by Gasteiger charge is -2.25. The van der Waals surface area contributed by atoms with Gasteiger partial charge in [0.15, 0.2) is 6.10 Å². The highest BCUT2D eigenvalue weighted by atomic mass is 16.5. The van der Waals surface area contributed by atoms with Crippen molar-refractivity contribution in [2.75, 3.05) is 11.4 Å². The monoisotopic (exact) mass is 383 g/mol. The Kier molecular flexibility index (Phi) is 7.56. The summed E-state index contributed by atoms with van der Waals surface area (Å²) in [5.41, 5.74) is 6.74. The number of urea groups is 1. The zero-order valence-electron chi connectivity index (χ0n) is 16.0. The van der Waals surface area contributed by atoms with Crippen molar-refractivity contribution in [3.8, 4) is 0 Å². The third-order valence-corrected chi connectivity index (χ3v) is 4.17. The first kappa shape index (κ1) is 21.0. The van der Waals surface area contributed by atoms with Gasteiger partial charge in [0.2, 0.25) is 0 Å². The number of nitrogens with two attached hydrogens (primary N) is 1. The second-order valence-electron chi connectivity index (χ2n) is 6.25. The van der Waals surface area contributed by atoms with Gasteiger partial charge in [0.1, 0.15) is 6.04 Å². The van der Waals surface area contributed by atoms with Crippen molar-refractivity contribution in [2.45, 2.75) is 32.4 Å². The van der Waals surface area contributed by atoms with E-state index >= 15 is 0 Å². The summed E-state index contributed by atoms with van der Waals surface area (Å²) >= 11 is 0. The number of benzene rings is 2. The minimum absolute atomic E-state index is 0.208. The maximum atomic E-state index is 12.7. The van der Waals surface area contributed by atoms with Gasteiger partial charge in [-0.15, -0.1) is 0 Å². The fourth-order valence-electron chi connectivity index (χ4n) is 2.81. The van der Waals surface area contributed by atoms with Crippen LogP contribution in [0, 0.1) is 0 Å². The van der Waals surface area contributed by atoms with Crippen molar-refractivity contribution in [3.05, 3.63) is 66.2 Å². The summed E-state index contributed by atoms with van der Waals surface area (Å²) in [7, 11) is 0. The highest BCUT2D eigenvalue weighted by Crippen LogP contribution is 2.15. The fourth-order valence-corrected chi connectivity index (χ4v) is 2.81. The average molecular weight is 383 g/mol. The van der Waals surface area contributed by atoms with E-state index in [9.17, 15) is 14.4 Å². The van der Waals surface area contributed by atoms with Crippen LogP contribution in [-0.4, -0.2) is 36.6 Å². The van der Waals surface area contributed by atoms with Gasteiger partial charge in [-0.3, -0.25) is 4.79 Å². The summed E-state index contributed by atoms with van der Waals surface area (Å²) < 4.78 is 5.35. The summed E-state index contributed by atoms with van der Waals surface area (Å²) in [6.07, 6.45) is -0.805. The third kappa shape index (κ3) is 5.84. The summed E-state index contributed by atoms with van der Waals surface area (Å²) in [6, 6.07) is 16.5. The molecule has 148 valence electrons. The lowest BCUT2D eigenvalue weighted by atomic mass is 10.1. The van der Waals surface area contributed by atoms with Crippen LogP contribution in [-0.2, 0) is 20.7 Å². The largest absolute Gasteiger partial charge is 0.451 e. The third-order valence-electron chi connectivity index (χ3n) is 4.17. The summed E-state index contributed by atoms with van der Waals surface area (Å²) in [5, 5.41) is 2.39. The fraction of sp³-hybridized carbons (Fsp3) is 0.286. The summed E-state index contributed by atoms with van der Waals surface area (Å²) in [5.74, 6) is -1.06. The molecule has 0 bridgehead atoms. The number of rotatable bonds is 8. The predicted octanol–water partition coefficient (Wildman–Crippen LogP) is 2.25. The van der Waals surface area contributed by atoms with Crippen molar-refractivity contribution < 1.29 is 19.1 Å². The summed E-state index contributed by atoms with van der Waals surface area (Å²) in [4.78, 5) is 38.2. The number of likely N-dealkylation sites (N-methyl/N-ethyl adjacent to an activating group) is 1. The number of carbonyl (C=O) groups excluding carboxylic acids is 3. The Morgan fingerprint density at radius 1 is 1.04 bits per heavy atom. The molecule has 0 heterocycles. The molecule has 0 saturated heterocycles. The maximum absolute atomic E-state index is 12.7. The molecular weight excluding hydrogens is 358 g/mol. The molecule has 3 amide bonds. The van der Waals surface area contributed by atoms with Crippen molar-refractivity contribution in [3.63, 3.8) is 0 Å². The SMILES string of the molecule is CCN(C(=O)[C@@H](C)OC(=O)[C@H](Cc1ccccc1)NC(N)=O)c1ccccc1. The van der Waals surface area contributed by atoms with Gasteiger partial charge in [-0.05, 0) is 31.5 Å². The topological polar surface area (TPSA) is 102 Å². The number of carbonyl (C=O) groups is 3. The number of hydrogen-bond donors (Lipinski definition) is 2. The zero-order chi connectivity index (χ0) is 20.5. The number of nitrogens with one attached hydrogen (secondary N) is 1. The molecule has 2 atom stereocenters. The van der Waals surface area contributed by atoms with Gasteiger partial charge >= 0.3 is 12.0 Å². The van der Waals surface area contributed by atoms with Gasteiger partial charge in [0.05, 0.1) is 0 Å². The maximum Gasteiger partial charge on any atom is 0.329 e. The van der Waals surface area contributed by atoms with Crippen LogP contribution in [0.4, 0.5) is 10.5 Å². The normalized spacial score (nSPS) is 12.5. The Morgan fingerprint density at radius 3 is 2.14 bits per heavy atom. The number of para-hydroxylation sites is 1. The van der Waals surface area contributed by atoms with Crippen LogP contribution in [0.3, 0.4) is 0 Å². The van der Waals surface area contributed by atoms with E-state index in [0.717, 1.165) is 5.56 Å². The minimum atomic E-state index is -1.01. The van der Waals surface area contributed by atoms with Gasteiger partial charge in [0.25, 0.3) is 5.91 Å². The van der Waals surface area contributed by atoms with Crippen LogP contribution in [0.1, 0.15) is 19.4 Å². The van der Waals surface area contributed by atoms with Crippen molar-refractivity contribution >= 4 is 23.6 Å². The highest BCUT2D eigenvalue weighted by molar-refractivity contribution is 5.97. The van der Waals surface area contributed by atoms with Crippen LogP contribution in [0.5, 0.6) is 0 Å². The van der Waals surface area contributed by atoms with Gasteiger partial charge in [-0.2, -0.15) is 0 Å². The van der Waals surface area contributed by atoms with Crippen LogP contribution in [0.2, 0.25) is 0 Å². The molecule has 2 aromatic rings. The molecule has 0 spiro atoms. The van der Waals surface area contributed by atoms with Crippen molar-refractivity contribution in [1.29, 1.82) is 0 Å². The molecule has 0 aliphatic rings. The molecule has 0 aliphatic carbocycles. The number of anilines is 1. The van der Waals surface area contributed by atoms with Gasteiger partial charge in [-0.25, -0.2) is 9.59 Å². The van der Waals surface area contributed by atoms with E-state index in [4.69, 9.17) is 10.5 Å². The molecule has 0 fully saturated rings. The first-order valence-electron chi connectivity index (χ1n) is 9.09. The van der Waals surface area contributed by atoms with E-state index in [1.54, 1.807) is 0 Å². The first-order chi connectivity index (χ1) is 13.4. The first-order valence-corrected chi connectivity index (χ1v) is 9.09. The number of ether oxygens (including phenoxy) is 1. The lowest BCUT2D eigenvalue weighted by Crippen LogP contribution is -2.48. The number of esters is 1. The Bertz CT molecular complexity index is 796. The Hall–Kier alpha value is -3.35. The highest BCUT2D eigenvalue weighted by Gasteiger charge is 2.28. The second kappa shape index (κ2) is 10.1. The van der Waals surface area contributed by atoms with E-state index in [0.29, 0.717) is 12.2 Å². The predicted molar refractivity (Wildman–Crippen MR) is 107 cm³/mol. The number of hydrogen-bond acceptors (Lipinski definition) is 4. The second-order valence-corrected chi connectivity index (χ2v) is 6.25. The van der Waals surface area contributed by atoms with Crippen LogP contribution >= 0.6 is 0 Å². The molecule has 2 aromatic carbocycles. The van der Waals surface area contributed by atoms with Crippen LogP contribution < -0.4 is 16.0 Å². The smallest absolute Gasteiger partial charge is 0.329 e. The van der Waals surface area contributed by atoms with E-state index in [1.165, 1.54) is 11.8 Å². The molecule has 7 heteroatoms. The van der Waals surface area contributed by atoms with Crippen molar-refractivity contribution in [1.82, 2.24) is 5.32 Å². The Balaban J connectivity index is 2.08. The molecule has 0 unspecified atom stereocenters. The average Bonchev–Trinajstić information content (AvgIpc) is 2.69. The summed E-state index contributed by atoms with van der Waals surface area (Å²) in [6.45, 7) is 3.78. The number of amides is 3. The van der Waals surface area contributed by atoms with Crippen molar-refractivity contribution in [2.24, 2.45) is 5.73 Å². The Labute approximate surface area is 164 Å². The quantitative estimate of drug-likeness (QED) is 0.683. The zero-order valence-corrected chi connectivity index (χ0v) is 16.0. The minimum Gasteiger partial charge on any atom is -0.451 e. The Morgan fingerprint density at radius 2 is 1.61 bits per heavy atom. The van der Waals surface area contributed by atoms with E-state index in [2.05, 4.69) is 5.32 Å². The van der Waals surface area contributed by atoms with E-state index in [-0.39, 0.29) is 12.3 Å². The van der Waals surface area contributed by atoms with Gasteiger partial charge in [0, 0.05) is 18.7 Å². The standard InChI is InChI=1S/C21H25N3O4/c1-3-24(17-12-8-5-9-13-17)19(25)15(2)28-20(26)18(23-21(22)27)14-16-10-6-4-7-11-16/h4-13,15,18H,3,14H2,1-2H3,(H3,22,23,27)/t15-,18+/m1/s1.